The molecule has 0 bridgehead atoms. The van der Waals surface area contributed by atoms with Crippen LogP contribution in [0, 0.1) is 0 Å². The number of rotatable bonds is 3. The quantitative estimate of drug-likeness (QED) is 0.663. The third-order valence-corrected chi connectivity index (χ3v) is 3.98. The summed E-state index contributed by atoms with van der Waals surface area (Å²) in [7, 11) is 1.33. The molecule has 0 amide bonds. The number of nitrogens with zero attached hydrogens (tertiary/aromatic N) is 1. The molecule has 2 heterocycles. The zero-order valence-corrected chi connectivity index (χ0v) is 9.39. The van der Waals surface area contributed by atoms with Gasteiger partial charge >= 0.3 is 5.97 Å². The minimum absolute atomic E-state index is 0.0501. The van der Waals surface area contributed by atoms with Crippen LogP contribution in [0.25, 0.3) is 9.40 Å². The zero-order valence-electron chi connectivity index (χ0n) is 7.76. The number of carboxylic acid groups (broad SMARTS) is 1. The van der Waals surface area contributed by atoms with Crippen molar-refractivity contribution in [2.24, 2.45) is 5.16 Å². The summed E-state index contributed by atoms with van der Waals surface area (Å²) in [6, 6.07) is 3.76. The average molecular weight is 241 g/mol. The van der Waals surface area contributed by atoms with Crippen molar-refractivity contribution in [2.45, 2.75) is 0 Å². The molecule has 0 saturated heterocycles. The number of oxime groups is 1. The fourth-order valence-corrected chi connectivity index (χ4v) is 3.24. The Morgan fingerprint density at radius 2 is 2.40 bits per heavy atom. The Labute approximate surface area is 93.4 Å². The Morgan fingerprint density at radius 1 is 1.60 bits per heavy atom. The van der Waals surface area contributed by atoms with Gasteiger partial charge in [-0.3, -0.25) is 0 Å². The lowest BCUT2D eigenvalue weighted by atomic mass is 10.3. The van der Waals surface area contributed by atoms with Crippen LogP contribution in [0.3, 0.4) is 0 Å². The molecule has 0 aromatic carbocycles. The molecule has 0 aliphatic carbocycles. The van der Waals surface area contributed by atoms with Gasteiger partial charge in [0.15, 0.2) is 0 Å². The van der Waals surface area contributed by atoms with Crippen LogP contribution in [0.15, 0.2) is 22.7 Å². The van der Waals surface area contributed by atoms with Crippen molar-refractivity contribution >= 4 is 43.8 Å². The van der Waals surface area contributed by atoms with Crippen LogP contribution in [0.2, 0.25) is 0 Å². The maximum absolute atomic E-state index is 10.9. The third kappa shape index (κ3) is 1.86. The van der Waals surface area contributed by atoms with E-state index in [-0.39, 0.29) is 5.71 Å². The predicted molar refractivity (Wildman–Crippen MR) is 60.9 cm³/mol. The first kappa shape index (κ1) is 10.1. The Morgan fingerprint density at radius 3 is 3.00 bits per heavy atom. The van der Waals surface area contributed by atoms with Crippen molar-refractivity contribution in [1.29, 1.82) is 0 Å². The van der Waals surface area contributed by atoms with E-state index < -0.39 is 5.97 Å². The van der Waals surface area contributed by atoms with Crippen molar-refractivity contribution in [3.8, 4) is 0 Å². The van der Waals surface area contributed by atoms with Crippen molar-refractivity contribution in [1.82, 2.24) is 0 Å². The molecule has 0 fully saturated rings. The third-order valence-electron chi connectivity index (χ3n) is 1.77. The summed E-state index contributed by atoms with van der Waals surface area (Å²) in [6.45, 7) is 0. The van der Waals surface area contributed by atoms with Gasteiger partial charge in [0.05, 0.1) is 8.89 Å². The molecule has 0 spiro atoms. The minimum Gasteiger partial charge on any atom is -0.476 e. The second-order valence-electron chi connectivity index (χ2n) is 2.70. The van der Waals surface area contributed by atoms with E-state index in [2.05, 4.69) is 9.99 Å². The molecule has 0 radical (unpaired) electrons. The van der Waals surface area contributed by atoms with Gasteiger partial charge < -0.3 is 9.94 Å². The summed E-state index contributed by atoms with van der Waals surface area (Å²) in [5.74, 6) is -1.08. The van der Waals surface area contributed by atoms with Crippen LogP contribution < -0.4 is 0 Å². The number of thiophene rings is 2. The van der Waals surface area contributed by atoms with E-state index in [4.69, 9.17) is 5.11 Å². The monoisotopic (exact) mass is 241 g/mol. The number of hydrogen-bond donors (Lipinski definition) is 1. The molecule has 2 aromatic heterocycles. The van der Waals surface area contributed by atoms with E-state index in [0.29, 0.717) is 4.88 Å². The minimum atomic E-state index is -1.08. The fraction of sp³-hybridized carbons (Fsp3) is 0.111. The van der Waals surface area contributed by atoms with Crippen LogP contribution in [-0.4, -0.2) is 23.9 Å². The Bertz CT molecular complexity index is 498. The maximum atomic E-state index is 10.9. The van der Waals surface area contributed by atoms with Gasteiger partial charge in [-0.2, -0.15) is 0 Å². The first-order valence-corrected chi connectivity index (χ1v) is 5.74. The molecule has 0 saturated carbocycles. The maximum Gasteiger partial charge on any atom is 0.359 e. The van der Waals surface area contributed by atoms with Gasteiger partial charge in [-0.25, -0.2) is 4.79 Å². The first-order valence-electron chi connectivity index (χ1n) is 4.04. The van der Waals surface area contributed by atoms with Gasteiger partial charge in [0.25, 0.3) is 0 Å². The molecule has 1 N–H and O–H groups in total. The predicted octanol–water partition coefficient (Wildman–Crippen LogP) is 2.40. The van der Waals surface area contributed by atoms with Crippen LogP contribution >= 0.6 is 22.7 Å². The molecule has 78 valence electrons. The van der Waals surface area contributed by atoms with Crippen LogP contribution in [-0.2, 0) is 9.63 Å². The molecule has 0 atom stereocenters. The molecule has 15 heavy (non-hydrogen) atoms. The highest BCUT2D eigenvalue weighted by atomic mass is 32.2. The van der Waals surface area contributed by atoms with E-state index in [1.807, 2.05) is 17.5 Å². The van der Waals surface area contributed by atoms with Gasteiger partial charge in [-0.1, -0.05) is 5.16 Å². The van der Waals surface area contributed by atoms with Crippen LogP contribution in [0.4, 0.5) is 0 Å². The largest absolute Gasteiger partial charge is 0.476 e. The van der Waals surface area contributed by atoms with Gasteiger partial charge in [0, 0.05) is 5.39 Å². The number of fused-ring (bicyclic) bond motifs is 1. The molecular formula is C9H7NO3S2. The topological polar surface area (TPSA) is 58.9 Å². The standard InChI is InChI=1S/C9H7NO3S2/c1-13-10-7(8(11)12)6-4-5-2-3-14-9(5)15-6/h2-4H,1H3,(H,11,12)/b10-7+. The molecule has 6 heteroatoms. The van der Waals surface area contributed by atoms with Crippen LogP contribution in [0.1, 0.15) is 4.88 Å². The fourth-order valence-electron chi connectivity index (χ4n) is 1.16. The number of carbonyl (C=O) groups is 1. The lowest BCUT2D eigenvalue weighted by Gasteiger charge is -1.95. The Balaban J connectivity index is 2.48. The van der Waals surface area contributed by atoms with Crippen LogP contribution in [0.5, 0.6) is 0 Å². The molecule has 2 rings (SSSR count). The Kier molecular flexibility index (Phi) is 2.70. The van der Waals surface area contributed by atoms with Crippen molar-refractivity contribution in [3.05, 3.63) is 22.4 Å². The van der Waals surface area contributed by atoms with E-state index in [1.165, 1.54) is 18.4 Å². The van der Waals surface area contributed by atoms with E-state index in [9.17, 15) is 4.79 Å². The number of hydrogen-bond acceptors (Lipinski definition) is 5. The highest BCUT2D eigenvalue weighted by Crippen LogP contribution is 2.30. The SMILES string of the molecule is CO/N=C(/C(=O)O)c1cc2ccsc2s1. The highest BCUT2D eigenvalue weighted by Gasteiger charge is 2.16. The van der Waals surface area contributed by atoms with Gasteiger partial charge in [-0.05, 0) is 17.5 Å². The van der Waals surface area contributed by atoms with Crippen molar-refractivity contribution < 1.29 is 14.7 Å². The lowest BCUT2D eigenvalue weighted by Crippen LogP contribution is -2.13. The summed E-state index contributed by atoms with van der Waals surface area (Å²) >= 11 is 2.99. The zero-order chi connectivity index (χ0) is 10.8. The van der Waals surface area contributed by atoms with E-state index in [1.54, 1.807) is 11.3 Å². The normalized spacial score (nSPS) is 11.9. The van der Waals surface area contributed by atoms with Gasteiger partial charge in [0.2, 0.25) is 5.71 Å². The lowest BCUT2D eigenvalue weighted by molar-refractivity contribution is -0.129. The smallest absolute Gasteiger partial charge is 0.359 e. The number of aliphatic carboxylic acids is 1. The van der Waals surface area contributed by atoms with Crippen molar-refractivity contribution in [3.63, 3.8) is 0 Å². The highest BCUT2D eigenvalue weighted by molar-refractivity contribution is 7.38. The summed E-state index contributed by atoms with van der Waals surface area (Å²) < 4.78 is 1.09. The summed E-state index contributed by atoms with van der Waals surface area (Å²) in [5.41, 5.74) is -0.0501. The second kappa shape index (κ2) is 4.00. The molecule has 0 aliphatic heterocycles. The molecule has 0 aliphatic rings. The Hall–Kier alpha value is -1.40. The summed E-state index contributed by atoms with van der Waals surface area (Å²) in [5, 5.41) is 15.4. The van der Waals surface area contributed by atoms with E-state index >= 15 is 0 Å². The average Bonchev–Trinajstić information content (AvgIpc) is 2.72. The second-order valence-corrected chi connectivity index (χ2v) is 4.93. The van der Waals surface area contributed by atoms with Gasteiger partial charge in [-0.15, -0.1) is 22.7 Å². The summed E-state index contributed by atoms with van der Waals surface area (Å²) in [4.78, 5) is 16.0. The van der Waals surface area contributed by atoms with E-state index in [0.717, 1.165) is 9.40 Å². The van der Waals surface area contributed by atoms with Gasteiger partial charge in [0.1, 0.15) is 7.11 Å². The summed E-state index contributed by atoms with van der Waals surface area (Å²) in [6.07, 6.45) is 0. The molecule has 2 aromatic rings. The molecule has 0 unspecified atom stereocenters. The molecule has 4 nitrogen and oxygen atoms in total. The molecular weight excluding hydrogens is 234 g/mol. The van der Waals surface area contributed by atoms with Crippen molar-refractivity contribution in [2.75, 3.05) is 7.11 Å². The number of carboxylic acids is 1. The first-order chi connectivity index (χ1) is 7.22.